The summed E-state index contributed by atoms with van der Waals surface area (Å²) >= 11 is 0. The largest absolute Gasteiger partial charge is 0.468 e. The van der Waals surface area contributed by atoms with Gasteiger partial charge in [0.15, 0.2) is 5.65 Å². The summed E-state index contributed by atoms with van der Waals surface area (Å²) < 4.78 is 6.23. The van der Waals surface area contributed by atoms with Crippen LogP contribution in [0, 0.1) is 0 Å². The molecule has 2 aromatic heterocycles. The van der Waals surface area contributed by atoms with Crippen molar-refractivity contribution < 1.29 is 9.53 Å². The molecular formula is C18H21N5O2. The molecule has 7 heteroatoms. The van der Waals surface area contributed by atoms with Crippen LogP contribution in [-0.4, -0.2) is 46.4 Å². The number of methoxy groups -OCH3 is 1. The van der Waals surface area contributed by atoms with Gasteiger partial charge in [0.05, 0.1) is 18.7 Å². The number of rotatable bonds is 6. The van der Waals surface area contributed by atoms with Crippen molar-refractivity contribution in [2.45, 2.75) is 19.4 Å². The number of fused-ring (bicyclic) bond motifs is 1. The Kier molecular flexibility index (Phi) is 4.92. The number of aromatic nitrogens is 4. The van der Waals surface area contributed by atoms with E-state index in [-0.39, 0.29) is 12.5 Å². The van der Waals surface area contributed by atoms with Crippen LogP contribution in [0.2, 0.25) is 0 Å². The zero-order chi connectivity index (χ0) is 17.8. The number of hydrogen-bond donors (Lipinski definition) is 0. The van der Waals surface area contributed by atoms with Crippen LogP contribution in [-0.2, 0) is 16.1 Å². The molecule has 2 heterocycles. The Morgan fingerprint density at radius 1 is 1.28 bits per heavy atom. The van der Waals surface area contributed by atoms with E-state index in [9.17, 15) is 4.79 Å². The summed E-state index contributed by atoms with van der Waals surface area (Å²) in [6.07, 6.45) is 3.19. The molecule has 0 aliphatic rings. The topological polar surface area (TPSA) is 73.1 Å². The number of likely N-dealkylation sites (N-methyl/N-ethyl adjacent to an activating group) is 1. The molecule has 130 valence electrons. The van der Waals surface area contributed by atoms with Gasteiger partial charge in [0.2, 0.25) is 0 Å². The number of carbonyl (C=O) groups excluding carboxylic acids is 1. The Morgan fingerprint density at radius 3 is 2.76 bits per heavy atom. The van der Waals surface area contributed by atoms with Crippen molar-refractivity contribution in [1.82, 2.24) is 19.7 Å². The maximum atomic E-state index is 11.5. The van der Waals surface area contributed by atoms with E-state index in [1.807, 2.05) is 25.2 Å². The van der Waals surface area contributed by atoms with Crippen molar-refractivity contribution in [2.75, 3.05) is 25.6 Å². The van der Waals surface area contributed by atoms with Crippen molar-refractivity contribution >= 4 is 22.8 Å². The van der Waals surface area contributed by atoms with E-state index in [0.717, 1.165) is 17.7 Å². The Hall–Kier alpha value is -2.96. The normalized spacial score (nSPS) is 12.1. The molecule has 25 heavy (non-hydrogen) atoms. The molecule has 0 aliphatic carbocycles. The first-order valence-corrected chi connectivity index (χ1v) is 8.09. The van der Waals surface area contributed by atoms with Gasteiger partial charge in [-0.2, -0.15) is 5.10 Å². The summed E-state index contributed by atoms with van der Waals surface area (Å²) in [6.45, 7) is 3.02. The molecule has 0 aliphatic heterocycles. The van der Waals surface area contributed by atoms with Crippen molar-refractivity contribution in [1.29, 1.82) is 0 Å². The lowest BCUT2D eigenvalue weighted by Gasteiger charge is -2.23. The van der Waals surface area contributed by atoms with Crippen LogP contribution in [0.1, 0.15) is 18.4 Å². The van der Waals surface area contributed by atoms with E-state index >= 15 is 0 Å². The highest BCUT2D eigenvalue weighted by Crippen LogP contribution is 2.24. The maximum absolute atomic E-state index is 11.5. The van der Waals surface area contributed by atoms with Crippen LogP contribution in [0.5, 0.6) is 0 Å². The maximum Gasteiger partial charge on any atom is 0.327 e. The van der Waals surface area contributed by atoms with Gasteiger partial charge in [0.25, 0.3) is 0 Å². The van der Waals surface area contributed by atoms with Gasteiger partial charge in [-0.15, -0.1) is 0 Å². The smallest absolute Gasteiger partial charge is 0.327 e. The average molecular weight is 339 g/mol. The van der Waals surface area contributed by atoms with Crippen molar-refractivity contribution in [3.8, 4) is 0 Å². The Bertz CT molecular complexity index is 862. The lowest BCUT2D eigenvalue weighted by atomic mass is 10.0. The number of benzene rings is 1. The van der Waals surface area contributed by atoms with Crippen LogP contribution in [0.15, 0.2) is 42.9 Å². The fraction of sp³-hybridized carbons (Fsp3) is 0.333. The van der Waals surface area contributed by atoms with E-state index in [1.165, 1.54) is 23.7 Å². The first kappa shape index (κ1) is 16.9. The average Bonchev–Trinajstić information content (AvgIpc) is 3.05. The molecule has 0 amide bonds. The lowest BCUT2D eigenvalue weighted by molar-refractivity contribution is -0.141. The minimum atomic E-state index is -0.365. The van der Waals surface area contributed by atoms with Gasteiger partial charge in [-0.25, -0.2) is 14.6 Å². The van der Waals surface area contributed by atoms with Gasteiger partial charge in [-0.3, -0.25) is 4.79 Å². The second kappa shape index (κ2) is 7.29. The minimum absolute atomic E-state index is 0.0284. The highest BCUT2D eigenvalue weighted by molar-refractivity contribution is 5.87. The monoisotopic (exact) mass is 339 g/mol. The summed E-state index contributed by atoms with van der Waals surface area (Å²) in [7, 11) is 3.35. The first-order valence-electron chi connectivity index (χ1n) is 8.09. The van der Waals surface area contributed by atoms with Crippen molar-refractivity contribution in [3.05, 3.63) is 48.4 Å². The number of esters is 1. The summed E-state index contributed by atoms with van der Waals surface area (Å²) in [5, 5.41) is 5.06. The van der Waals surface area contributed by atoms with Gasteiger partial charge < -0.3 is 9.64 Å². The van der Waals surface area contributed by atoms with Gasteiger partial charge in [-0.05, 0) is 11.5 Å². The lowest BCUT2D eigenvalue weighted by Crippen LogP contribution is -2.24. The summed E-state index contributed by atoms with van der Waals surface area (Å²) in [5.41, 5.74) is 1.90. The van der Waals surface area contributed by atoms with Crippen LogP contribution in [0.3, 0.4) is 0 Å². The van der Waals surface area contributed by atoms with Gasteiger partial charge in [0, 0.05) is 13.6 Å². The number of nitrogens with zero attached hydrogens (tertiary/aromatic N) is 5. The zero-order valence-electron chi connectivity index (χ0n) is 14.6. The SMILES string of the molecule is COC(=O)Cn1ncc2c(N(C)CC(C)c3ccccc3)ncnc21. The third kappa shape index (κ3) is 3.60. The van der Waals surface area contributed by atoms with E-state index in [4.69, 9.17) is 4.74 Å². The first-order chi connectivity index (χ1) is 12.1. The Balaban J connectivity index is 1.84. The summed E-state index contributed by atoms with van der Waals surface area (Å²) in [5.74, 6) is 0.779. The Labute approximate surface area is 146 Å². The third-order valence-corrected chi connectivity index (χ3v) is 4.20. The molecule has 0 saturated heterocycles. The standard InChI is InChI=1S/C18H21N5O2/c1-13(14-7-5-4-6-8-14)10-22(2)17-15-9-21-23(11-16(24)25-3)18(15)20-12-19-17/h4-9,12-13H,10-11H2,1-3H3. The molecule has 1 unspecified atom stereocenters. The Morgan fingerprint density at radius 2 is 2.04 bits per heavy atom. The fourth-order valence-electron chi connectivity index (χ4n) is 2.87. The molecule has 3 rings (SSSR count). The predicted octanol–water partition coefficient (Wildman–Crippen LogP) is 2.24. The molecule has 0 saturated carbocycles. The molecule has 0 radical (unpaired) electrons. The van der Waals surface area contributed by atoms with E-state index < -0.39 is 0 Å². The number of ether oxygens (including phenoxy) is 1. The van der Waals surface area contributed by atoms with E-state index in [0.29, 0.717) is 11.6 Å². The molecule has 1 aromatic carbocycles. The van der Waals surface area contributed by atoms with E-state index in [2.05, 4.69) is 39.0 Å². The quantitative estimate of drug-likeness (QED) is 0.641. The molecule has 0 N–H and O–H groups in total. The van der Waals surface area contributed by atoms with Crippen LogP contribution >= 0.6 is 0 Å². The van der Waals surface area contributed by atoms with Crippen LogP contribution in [0.25, 0.3) is 11.0 Å². The van der Waals surface area contributed by atoms with Crippen LogP contribution in [0.4, 0.5) is 5.82 Å². The third-order valence-electron chi connectivity index (χ3n) is 4.20. The summed E-state index contributed by atoms with van der Waals surface area (Å²) in [4.78, 5) is 22.3. The highest BCUT2D eigenvalue weighted by atomic mass is 16.5. The minimum Gasteiger partial charge on any atom is -0.468 e. The van der Waals surface area contributed by atoms with Crippen molar-refractivity contribution in [3.63, 3.8) is 0 Å². The highest BCUT2D eigenvalue weighted by Gasteiger charge is 2.17. The van der Waals surface area contributed by atoms with Crippen molar-refractivity contribution in [2.24, 2.45) is 0 Å². The number of carbonyl (C=O) groups is 1. The second-order valence-electron chi connectivity index (χ2n) is 6.01. The predicted molar refractivity (Wildman–Crippen MR) is 95.5 cm³/mol. The molecule has 7 nitrogen and oxygen atoms in total. The molecule has 0 spiro atoms. The molecule has 0 bridgehead atoms. The van der Waals surface area contributed by atoms with Gasteiger partial charge >= 0.3 is 5.97 Å². The van der Waals surface area contributed by atoms with E-state index in [1.54, 1.807) is 6.20 Å². The molecule has 0 fully saturated rings. The molecule has 3 aromatic rings. The van der Waals surface area contributed by atoms with Crippen LogP contribution < -0.4 is 4.90 Å². The number of hydrogen-bond acceptors (Lipinski definition) is 6. The van der Waals surface area contributed by atoms with Gasteiger partial charge in [0.1, 0.15) is 18.7 Å². The van der Waals surface area contributed by atoms with Gasteiger partial charge in [-0.1, -0.05) is 37.3 Å². The molecular weight excluding hydrogens is 318 g/mol. The zero-order valence-corrected chi connectivity index (χ0v) is 14.6. The summed E-state index contributed by atoms with van der Waals surface area (Å²) in [6, 6.07) is 10.4. The second-order valence-corrected chi connectivity index (χ2v) is 6.01. The fourth-order valence-corrected chi connectivity index (χ4v) is 2.87. The molecule has 1 atom stereocenters. The number of anilines is 1.